The van der Waals surface area contributed by atoms with Crippen molar-refractivity contribution in [3.8, 4) is 0 Å². The molecule has 0 amide bonds. The van der Waals surface area contributed by atoms with E-state index in [1.807, 2.05) is 0 Å². The van der Waals surface area contributed by atoms with Crippen molar-refractivity contribution < 1.29 is 4.39 Å². The highest BCUT2D eigenvalue weighted by Crippen LogP contribution is 2.19. The van der Waals surface area contributed by atoms with Crippen LogP contribution < -0.4 is 5.32 Å². The predicted octanol–water partition coefficient (Wildman–Crippen LogP) is 4.09. The monoisotopic (exact) mass is 307 g/mol. The molecule has 1 rings (SSSR count). The van der Waals surface area contributed by atoms with Crippen molar-refractivity contribution >= 4 is 27.5 Å². The van der Waals surface area contributed by atoms with E-state index < -0.39 is 0 Å². The fraction of sp³-hybridized carbons (Fsp3) is 0.500. The zero-order valence-corrected chi connectivity index (χ0v) is 11.8. The molecule has 0 spiro atoms. The molecular formula is C12H16BrClFN. The maximum Gasteiger partial charge on any atom is 0.124 e. The summed E-state index contributed by atoms with van der Waals surface area (Å²) in [5, 5.41) is 3.39. The summed E-state index contributed by atoms with van der Waals surface area (Å²) in [5.74, 6) is 0.328. The van der Waals surface area contributed by atoms with Gasteiger partial charge in [-0.25, -0.2) is 4.39 Å². The maximum atomic E-state index is 12.9. The highest BCUT2D eigenvalue weighted by atomic mass is 79.9. The summed E-state index contributed by atoms with van der Waals surface area (Å²) in [4.78, 5) is 0. The minimum absolute atomic E-state index is 0.0740. The second kappa shape index (κ2) is 5.99. The Morgan fingerprint density at radius 3 is 2.69 bits per heavy atom. The first kappa shape index (κ1) is 13.9. The molecule has 4 heteroatoms. The van der Waals surface area contributed by atoms with E-state index in [1.54, 1.807) is 6.07 Å². The smallest absolute Gasteiger partial charge is 0.124 e. The van der Waals surface area contributed by atoms with E-state index in [1.165, 1.54) is 12.1 Å². The van der Waals surface area contributed by atoms with Crippen LogP contribution in [-0.2, 0) is 6.54 Å². The first-order chi connectivity index (χ1) is 7.50. The summed E-state index contributed by atoms with van der Waals surface area (Å²) in [6.45, 7) is 4.85. The van der Waals surface area contributed by atoms with Gasteiger partial charge in [0.1, 0.15) is 5.82 Å². The minimum Gasteiger partial charge on any atom is -0.306 e. The third-order valence-electron chi connectivity index (χ3n) is 2.80. The lowest BCUT2D eigenvalue weighted by atomic mass is 10.0. The summed E-state index contributed by atoms with van der Waals surface area (Å²) in [6.07, 6.45) is 0.954. The lowest BCUT2D eigenvalue weighted by molar-refractivity contribution is 0.379. The molecule has 0 heterocycles. The molecule has 16 heavy (non-hydrogen) atoms. The number of alkyl halides is 1. The molecule has 1 nitrogen and oxygen atoms in total. The van der Waals surface area contributed by atoms with E-state index >= 15 is 0 Å². The fourth-order valence-corrected chi connectivity index (χ4v) is 2.01. The third kappa shape index (κ3) is 3.72. The van der Waals surface area contributed by atoms with Crippen LogP contribution in [0.25, 0.3) is 0 Å². The highest BCUT2D eigenvalue weighted by Gasteiger charge is 2.19. The third-order valence-corrected chi connectivity index (χ3v) is 4.12. The molecule has 0 fully saturated rings. The topological polar surface area (TPSA) is 12.0 Å². The Kier molecular flexibility index (Phi) is 5.22. The van der Waals surface area contributed by atoms with Gasteiger partial charge < -0.3 is 5.32 Å². The van der Waals surface area contributed by atoms with Gasteiger partial charge in [-0.1, -0.05) is 28.9 Å². The molecule has 1 unspecified atom stereocenters. The van der Waals surface area contributed by atoms with Crippen LogP contribution in [0.4, 0.5) is 4.39 Å². The second-order valence-electron chi connectivity index (χ2n) is 4.14. The van der Waals surface area contributed by atoms with Gasteiger partial charge in [-0.05, 0) is 31.0 Å². The summed E-state index contributed by atoms with van der Waals surface area (Å²) >= 11 is 9.25. The summed E-state index contributed by atoms with van der Waals surface area (Å²) in [5.41, 5.74) is 0.959. The van der Waals surface area contributed by atoms with E-state index in [0.29, 0.717) is 12.4 Å². The summed E-state index contributed by atoms with van der Waals surface area (Å²) < 4.78 is 13.7. The van der Waals surface area contributed by atoms with Gasteiger partial charge in [-0.2, -0.15) is 0 Å². The van der Waals surface area contributed by atoms with Gasteiger partial charge in [0.05, 0.1) is 0 Å². The SMILES string of the molecule is CCC(C)(CCl)NCc1ccc(F)cc1Br. The molecule has 1 aromatic rings. The zero-order chi connectivity index (χ0) is 12.2. The van der Waals surface area contributed by atoms with Crippen molar-refractivity contribution in [3.63, 3.8) is 0 Å². The van der Waals surface area contributed by atoms with Crippen molar-refractivity contribution in [3.05, 3.63) is 34.1 Å². The zero-order valence-electron chi connectivity index (χ0n) is 9.49. The van der Waals surface area contributed by atoms with Crippen molar-refractivity contribution in [2.45, 2.75) is 32.4 Å². The van der Waals surface area contributed by atoms with Gasteiger partial charge in [-0.3, -0.25) is 0 Å². The number of benzene rings is 1. The van der Waals surface area contributed by atoms with Crippen molar-refractivity contribution in [2.75, 3.05) is 5.88 Å². The van der Waals surface area contributed by atoms with Crippen molar-refractivity contribution in [1.29, 1.82) is 0 Å². The molecule has 0 radical (unpaired) electrons. The molecule has 90 valence electrons. The van der Waals surface area contributed by atoms with Crippen molar-refractivity contribution in [2.24, 2.45) is 0 Å². The molecule has 0 aromatic heterocycles. The average molecular weight is 309 g/mol. The van der Waals surface area contributed by atoms with Gasteiger partial charge in [0.2, 0.25) is 0 Å². The Morgan fingerprint density at radius 2 is 2.19 bits per heavy atom. The number of rotatable bonds is 5. The fourth-order valence-electron chi connectivity index (χ4n) is 1.24. The Hall–Kier alpha value is -0.120. The average Bonchev–Trinajstić information content (AvgIpc) is 2.27. The molecule has 1 atom stereocenters. The van der Waals surface area contributed by atoms with E-state index in [4.69, 9.17) is 11.6 Å². The van der Waals surface area contributed by atoms with E-state index in [2.05, 4.69) is 35.1 Å². The van der Waals surface area contributed by atoms with E-state index in [0.717, 1.165) is 16.5 Å². The second-order valence-corrected chi connectivity index (χ2v) is 5.26. The number of halogens is 3. The minimum atomic E-state index is -0.230. The van der Waals surface area contributed by atoms with Crippen LogP contribution in [0.3, 0.4) is 0 Å². The Bertz CT molecular complexity index is 353. The van der Waals surface area contributed by atoms with Gasteiger partial charge in [0.15, 0.2) is 0 Å². The highest BCUT2D eigenvalue weighted by molar-refractivity contribution is 9.10. The van der Waals surface area contributed by atoms with Crippen LogP contribution in [0.2, 0.25) is 0 Å². The molecule has 1 aromatic carbocycles. The predicted molar refractivity (Wildman–Crippen MR) is 70.4 cm³/mol. The standard InChI is InChI=1S/C12H16BrClFN/c1-3-12(2,8-14)16-7-9-4-5-10(15)6-11(9)13/h4-6,16H,3,7-8H2,1-2H3. The van der Waals surface area contributed by atoms with Crippen molar-refractivity contribution in [1.82, 2.24) is 5.32 Å². The quantitative estimate of drug-likeness (QED) is 0.808. The molecule has 1 N–H and O–H groups in total. The number of hydrogen-bond acceptors (Lipinski definition) is 1. The summed E-state index contributed by atoms with van der Waals surface area (Å²) in [6, 6.07) is 4.71. The normalized spacial score (nSPS) is 14.8. The van der Waals surface area contributed by atoms with E-state index in [9.17, 15) is 4.39 Å². The largest absolute Gasteiger partial charge is 0.306 e. The van der Waals surface area contributed by atoms with Crippen LogP contribution >= 0.6 is 27.5 Å². The Balaban J connectivity index is 2.67. The lowest BCUT2D eigenvalue weighted by Crippen LogP contribution is -2.43. The van der Waals surface area contributed by atoms with Crippen LogP contribution in [0.15, 0.2) is 22.7 Å². The first-order valence-corrected chi connectivity index (χ1v) is 6.58. The Labute approximate surface area is 110 Å². The van der Waals surface area contributed by atoms with Gasteiger partial charge in [-0.15, -0.1) is 11.6 Å². The summed E-state index contributed by atoms with van der Waals surface area (Å²) in [7, 11) is 0. The molecule has 0 saturated heterocycles. The lowest BCUT2D eigenvalue weighted by Gasteiger charge is -2.27. The van der Waals surface area contributed by atoms with Crippen LogP contribution in [-0.4, -0.2) is 11.4 Å². The molecule has 0 aliphatic heterocycles. The van der Waals surface area contributed by atoms with Gasteiger partial charge >= 0.3 is 0 Å². The Morgan fingerprint density at radius 1 is 1.50 bits per heavy atom. The number of hydrogen-bond donors (Lipinski definition) is 1. The van der Waals surface area contributed by atoms with Gasteiger partial charge in [0.25, 0.3) is 0 Å². The van der Waals surface area contributed by atoms with E-state index in [-0.39, 0.29) is 11.4 Å². The maximum absolute atomic E-state index is 12.9. The van der Waals surface area contributed by atoms with Crippen LogP contribution in [0, 0.1) is 5.82 Å². The van der Waals surface area contributed by atoms with Gasteiger partial charge in [0, 0.05) is 22.4 Å². The molecule has 0 aliphatic carbocycles. The first-order valence-electron chi connectivity index (χ1n) is 5.25. The molecular weight excluding hydrogens is 292 g/mol. The van der Waals surface area contributed by atoms with Crippen LogP contribution in [0.5, 0.6) is 0 Å². The molecule has 0 saturated carbocycles. The van der Waals surface area contributed by atoms with Crippen LogP contribution in [0.1, 0.15) is 25.8 Å². The number of nitrogens with one attached hydrogen (secondary N) is 1. The molecule has 0 aliphatic rings. The molecule has 0 bridgehead atoms.